The number of hydrogen-bond donors (Lipinski definition) is 0. The number of anilines is 1. The van der Waals surface area contributed by atoms with Crippen molar-refractivity contribution in [3.63, 3.8) is 0 Å². The number of halogens is 1. The number of carbonyl (C=O) groups excluding carboxylic acids is 1. The summed E-state index contributed by atoms with van der Waals surface area (Å²) in [4.78, 5) is 13.4. The SMILES string of the molecule is [B]c1ccc(N2CCC=C(Cl)C2=O)cc1. The van der Waals surface area contributed by atoms with E-state index in [0.717, 1.165) is 12.1 Å². The summed E-state index contributed by atoms with van der Waals surface area (Å²) in [6.45, 7) is 0.666. The first kappa shape index (κ1) is 10.3. The summed E-state index contributed by atoms with van der Waals surface area (Å²) in [7, 11) is 5.58. The van der Waals surface area contributed by atoms with Crippen LogP contribution in [0.5, 0.6) is 0 Å². The van der Waals surface area contributed by atoms with Gasteiger partial charge in [0.05, 0.1) is 0 Å². The lowest BCUT2D eigenvalue weighted by atomic mass is 9.96. The average molecular weight is 217 g/mol. The van der Waals surface area contributed by atoms with E-state index >= 15 is 0 Å². The summed E-state index contributed by atoms with van der Waals surface area (Å²) in [5, 5.41) is 0.290. The Hall–Kier alpha value is -1.22. The van der Waals surface area contributed by atoms with Crippen molar-refractivity contribution in [2.24, 2.45) is 0 Å². The molecule has 0 N–H and O–H groups in total. The molecule has 15 heavy (non-hydrogen) atoms. The summed E-state index contributed by atoms with van der Waals surface area (Å²) < 4.78 is 0. The molecule has 0 spiro atoms. The Morgan fingerprint density at radius 2 is 1.93 bits per heavy atom. The fourth-order valence-corrected chi connectivity index (χ4v) is 1.75. The molecule has 1 aliphatic rings. The molecule has 1 heterocycles. The first-order valence-corrected chi connectivity index (χ1v) is 5.09. The largest absolute Gasteiger partial charge is 0.307 e. The van der Waals surface area contributed by atoms with E-state index in [0.29, 0.717) is 12.0 Å². The molecule has 74 valence electrons. The second-order valence-electron chi connectivity index (χ2n) is 3.39. The van der Waals surface area contributed by atoms with Gasteiger partial charge in [0.1, 0.15) is 12.9 Å². The Morgan fingerprint density at radius 1 is 1.27 bits per heavy atom. The maximum Gasteiger partial charge on any atom is 0.269 e. The first-order chi connectivity index (χ1) is 7.18. The maximum atomic E-state index is 11.7. The van der Waals surface area contributed by atoms with Crippen LogP contribution in [-0.4, -0.2) is 20.3 Å². The van der Waals surface area contributed by atoms with Crippen LogP contribution in [0.15, 0.2) is 35.4 Å². The maximum absolute atomic E-state index is 11.7. The van der Waals surface area contributed by atoms with Crippen molar-refractivity contribution < 1.29 is 4.79 Å². The van der Waals surface area contributed by atoms with Gasteiger partial charge in [0.15, 0.2) is 0 Å². The van der Waals surface area contributed by atoms with Crippen LogP contribution in [0.2, 0.25) is 0 Å². The molecule has 0 saturated carbocycles. The third kappa shape index (κ3) is 2.07. The molecule has 4 heteroatoms. The predicted molar refractivity (Wildman–Crippen MR) is 62.7 cm³/mol. The number of benzene rings is 1. The van der Waals surface area contributed by atoms with Gasteiger partial charge in [0, 0.05) is 12.2 Å². The predicted octanol–water partition coefficient (Wildman–Crippen LogP) is 1.34. The minimum atomic E-state index is -0.146. The summed E-state index contributed by atoms with van der Waals surface area (Å²) in [6, 6.07) is 7.19. The molecular weight excluding hydrogens is 208 g/mol. The summed E-state index contributed by atoms with van der Waals surface area (Å²) >= 11 is 5.79. The fourth-order valence-electron chi connectivity index (χ4n) is 1.54. The molecule has 0 unspecified atom stereocenters. The highest BCUT2D eigenvalue weighted by Gasteiger charge is 2.21. The lowest BCUT2D eigenvalue weighted by molar-refractivity contribution is -0.114. The zero-order chi connectivity index (χ0) is 10.8. The van der Waals surface area contributed by atoms with Crippen LogP contribution in [0.25, 0.3) is 0 Å². The van der Waals surface area contributed by atoms with Gasteiger partial charge in [-0.2, -0.15) is 0 Å². The monoisotopic (exact) mass is 217 g/mol. The average Bonchev–Trinajstić information content (AvgIpc) is 2.24. The smallest absolute Gasteiger partial charge is 0.269 e. The molecule has 1 amide bonds. The molecule has 0 fully saturated rings. The highest BCUT2D eigenvalue weighted by Crippen LogP contribution is 2.21. The van der Waals surface area contributed by atoms with E-state index in [1.165, 1.54) is 0 Å². The third-order valence-electron chi connectivity index (χ3n) is 2.33. The van der Waals surface area contributed by atoms with E-state index < -0.39 is 0 Å². The van der Waals surface area contributed by atoms with Crippen molar-refractivity contribution in [1.82, 2.24) is 0 Å². The fraction of sp³-hybridized carbons (Fsp3) is 0.182. The zero-order valence-electron chi connectivity index (χ0n) is 8.11. The normalized spacial score (nSPS) is 16.5. The molecule has 0 bridgehead atoms. The lowest BCUT2D eigenvalue weighted by Crippen LogP contribution is -2.34. The first-order valence-electron chi connectivity index (χ1n) is 4.71. The Bertz CT molecular complexity index is 413. The molecule has 2 nitrogen and oxygen atoms in total. The van der Waals surface area contributed by atoms with Crippen LogP contribution in [0, 0.1) is 0 Å². The Labute approximate surface area is 94.9 Å². The zero-order valence-corrected chi connectivity index (χ0v) is 8.87. The van der Waals surface area contributed by atoms with Crippen molar-refractivity contribution >= 4 is 36.5 Å². The van der Waals surface area contributed by atoms with Crippen molar-refractivity contribution in [3.8, 4) is 0 Å². The van der Waals surface area contributed by atoms with Crippen LogP contribution < -0.4 is 10.4 Å². The van der Waals surface area contributed by atoms with Crippen molar-refractivity contribution in [2.45, 2.75) is 6.42 Å². The van der Waals surface area contributed by atoms with Crippen LogP contribution in [-0.2, 0) is 4.79 Å². The standard InChI is InChI=1S/C11H9BClNO/c12-8-3-5-9(6-4-8)14-7-1-2-10(13)11(14)15/h2-6H,1,7H2. The highest BCUT2D eigenvalue weighted by molar-refractivity contribution is 6.44. The van der Waals surface area contributed by atoms with E-state index in [1.54, 1.807) is 23.1 Å². The summed E-state index contributed by atoms with van der Waals surface area (Å²) in [5.74, 6) is -0.146. The molecule has 2 radical (unpaired) electrons. The van der Waals surface area contributed by atoms with Crippen molar-refractivity contribution in [2.75, 3.05) is 11.4 Å². The van der Waals surface area contributed by atoms with Gasteiger partial charge in [-0.1, -0.05) is 35.3 Å². The minimum Gasteiger partial charge on any atom is -0.307 e. The van der Waals surface area contributed by atoms with Gasteiger partial charge in [-0.05, 0) is 18.6 Å². The molecule has 1 aliphatic heterocycles. The number of rotatable bonds is 1. The second-order valence-corrected chi connectivity index (χ2v) is 3.80. The van der Waals surface area contributed by atoms with Gasteiger partial charge in [0.25, 0.3) is 5.91 Å². The lowest BCUT2D eigenvalue weighted by Gasteiger charge is -2.25. The number of hydrogen-bond acceptors (Lipinski definition) is 1. The number of amides is 1. The van der Waals surface area contributed by atoms with Gasteiger partial charge >= 0.3 is 0 Å². The molecular formula is C11H9BClNO. The molecule has 0 aliphatic carbocycles. The van der Waals surface area contributed by atoms with Crippen LogP contribution in [0.3, 0.4) is 0 Å². The molecule has 1 aromatic rings. The molecule has 1 aromatic carbocycles. The molecule has 0 atom stereocenters. The van der Waals surface area contributed by atoms with E-state index in [4.69, 9.17) is 19.4 Å². The van der Waals surface area contributed by atoms with Crippen LogP contribution in [0.4, 0.5) is 5.69 Å². The Morgan fingerprint density at radius 3 is 2.60 bits per heavy atom. The van der Waals surface area contributed by atoms with Crippen molar-refractivity contribution in [1.29, 1.82) is 0 Å². The molecule has 0 aromatic heterocycles. The summed E-state index contributed by atoms with van der Waals surface area (Å²) in [6.07, 6.45) is 2.53. The number of carbonyl (C=O) groups is 1. The van der Waals surface area contributed by atoms with Gasteiger partial charge in [-0.15, -0.1) is 0 Å². The Balaban J connectivity index is 2.28. The third-order valence-corrected chi connectivity index (χ3v) is 2.65. The van der Waals surface area contributed by atoms with E-state index in [-0.39, 0.29) is 10.9 Å². The van der Waals surface area contributed by atoms with Gasteiger partial charge in [-0.25, -0.2) is 0 Å². The van der Waals surface area contributed by atoms with Crippen molar-refractivity contribution in [3.05, 3.63) is 35.4 Å². The minimum absolute atomic E-state index is 0.146. The van der Waals surface area contributed by atoms with E-state index in [2.05, 4.69) is 0 Å². The second kappa shape index (κ2) is 4.11. The number of nitrogens with zero attached hydrogens (tertiary/aromatic N) is 1. The van der Waals surface area contributed by atoms with E-state index in [1.807, 2.05) is 12.1 Å². The topological polar surface area (TPSA) is 20.3 Å². The quantitative estimate of drug-likeness (QED) is 0.650. The van der Waals surface area contributed by atoms with Gasteiger partial charge < -0.3 is 4.90 Å². The van der Waals surface area contributed by atoms with E-state index in [9.17, 15) is 4.79 Å². The summed E-state index contributed by atoms with van der Waals surface area (Å²) in [5.41, 5.74) is 1.52. The molecule has 0 saturated heterocycles. The van der Waals surface area contributed by atoms with Crippen LogP contribution >= 0.6 is 11.6 Å². The Kier molecular flexibility index (Phi) is 2.82. The molecule has 2 rings (SSSR count). The van der Waals surface area contributed by atoms with Crippen LogP contribution in [0.1, 0.15) is 6.42 Å². The highest BCUT2D eigenvalue weighted by atomic mass is 35.5. The van der Waals surface area contributed by atoms with Gasteiger partial charge in [-0.3, -0.25) is 4.79 Å². The van der Waals surface area contributed by atoms with Gasteiger partial charge in [0.2, 0.25) is 0 Å².